The van der Waals surface area contributed by atoms with E-state index in [1.54, 1.807) is 65.8 Å². The molecule has 0 aliphatic carbocycles. The summed E-state index contributed by atoms with van der Waals surface area (Å²) in [5, 5.41) is 25.0. The largest absolute Gasteiger partial charge is 0.508 e. The molecular formula is C31H40N4O7S. The normalized spacial score (nSPS) is 13.4. The Morgan fingerprint density at radius 3 is 2.09 bits per heavy atom. The number of nitrogens with zero attached hydrogens (tertiary/aromatic N) is 2. The van der Waals surface area contributed by atoms with Gasteiger partial charge in [0.1, 0.15) is 41.6 Å². The number of hydrogen-bond acceptors (Lipinski definition) is 9. The summed E-state index contributed by atoms with van der Waals surface area (Å²) in [5.41, 5.74) is -0.787. The molecular weight excluding hydrogens is 572 g/mol. The van der Waals surface area contributed by atoms with Crippen molar-refractivity contribution in [2.24, 2.45) is 0 Å². The third kappa shape index (κ3) is 11.5. The molecule has 3 amide bonds. The van der Waals surface area contributed by atoms with E-state index in [-0.39, 0.29) is 23.5 Å². The molecule has 43 heavy (non-hydrogen) atoms. The van der Waals surface area contributed by atoms with E-state index in [1.807, 2.05) is 12.1 Å². The highest BCUT2D eigenvalue weighted by atomic mass is 32.1. The molecule has 0 bridgehead atoms. The zero-order chi connectivity index (χ0) is 32.4. The summed E-state index contributed by atoms with van der Waals surface area (Å²) in [4.78, 5) is 54.5. The Kier molecular flexibility index (Phi) is 12.4. The van der Waals surface area contributed by atoms with E-state index in [0.717, 1.165) is 10.5 Å². The number of rotatable bonds is 11. The zero-order valence-corrected chi connectivity index (χ0v) is 26.2. The molecule has 0 aliphatic rings. The van der Waals surface area contributed by atoms with E-state index in [9.17, 15) is 29.5 Å². The van der Waals surface area contributed by atoms with Gasteiger partial charge in [-0.2, -0.15) is 17.9 Å². The molecule has 3 atom stereocenters. The summed E-state index contributed by atoms with van der Waals surface area (Å²) in [6, 6.07) is 12.6. The molecule has 2 aromatic rings. The Morgan fingerprint density at radius 1 is 0.930 bits per heavy atom. The van der Waals surface area contributed by atoms with Crippen molar-refractivity contribution in [1.82, 2.24) is 15.5 Å². The molecule has 11 nitrogen and oxygen atoms in total. The predicted molar refractivity (Wildman–Crippen MR) is 163 cm³/mol. The van der Waals surface area contributed by atoms with Crippen molar-refractivity contribution < 1.29 is 33.8 Å². The molecule has 0 aromatic heterocycles. The molecule has 0 spiro atoms. The maximum absolute atomic E-state index is 14.0. The molecule has 0 heterocycles. The fraction of sp³-hybridized carbons (Fsp3) is 0.452. The number of ether oxygens (including phenoxy) is 2. The molecule has 3 N–H and O–H groups in total. The lowest BCUT2D eigenvalue weighted by molar-refractivity contribution is -0.159. The highest BCUT2D eigenvalue weighted by Gasteiger charge is 2.38. The van der Waals surface area contributed by atoms with E-state index < -0.39 is 59.7 Å². The van der Waals surface area contributed by atoms with Crippen molar-refractivity contribution in [1.29, 1.82) is 5.26 Å². The van der Waals surface area contributed by atoms with Gasteiger partial charge in [-0.15, -0.1) is 0 Å². The van der Waals surface area contributed by atoms with E-state index in [2.05, 4.69) is 23.3 Å². The van der Waals surface area contributed by atoms with Crippen molar-refractivity contribution in [2.45, 2.75) is 77.3 Å². The first-order chi connectivity index (χ1) is 20.0. The van der Waals surface area contributed by atoms with Gasteiger partial charge in [-0.05, 0) is 64.8 Å². The number of phenolic OH excluding ortho intramolecular Hbond substituents is 1. The van der Waals surface area contributed by atoms with Gasteiger partial charge in [0.15, 0.2) is 0 Å². The Labute approximate surface area is 257 Å². The predicted octanol–water partition coefficient (Wildman–Crippen LogP) is 3.68. The van der Waals surface area contributed by atoms with Crippen LogP contribution < -0.4 is 10.6 Å². The van der Waals surface area contributed by atoms with Crippen LogP contribution in [0.5, 0.6) is 5.75 Å². The van der Waals surface area contributed by atoms with E-state index >= 15 is 0 Å². The van der Waals surface area contributed by atoms with Crippen molar-refractivity contribution in [3.05, 3.63) is 65.7 Å². The number of aromatic hydroxyl groups is 1. The number of thiol groups is 1. The molecule has 0 saturated carbocycles. The highest BCUT2D eigenvalue weighted by molar-refractivity contribution is 7.80. The summed E-state index contributed by atoms with van der Waals surface area (Å²) in [6.45, 7) is 9.50. The standard InChI is InChI=1S/C31H40N4O7S/c1-30(2,3)41-28(39)23(17-20-11-8-7-9-12-20)33-26(37)25(21-13-10-14-22(36)18-21)35(16-15-32)27(38)24(19-43)34-29(40)42-31(4,5)6/h7-14,18,23-25,36,43H,16-17,19H2,1-6H3,(H,33,37)(H,34,40). The number of carbonyl (C=O) groups is 4. The Morgan fingerprint density at radius 2 is 1.56 bits per heavy atom. The van der Waals surface area contributed by atoms with Crippen molar-refractivity contribution in [3.63, 3.8) is 0 Å². The number of benzene rings is 2. The zero-order valence-electron chi connectivity index (χ0n) is 25.3. The van der Waals surface area contributed by atoms with Gasteiger partial charge in [0.05, 0.1) is 6.07 Å². The average molecular weight is 613 g/mol. The third-order valence-electron chi connectivity index (χ3n) is 5.73. The summed E-state index contributed by atoms with van der Waals surface area (Å²) in [5.74, 6) is -2.68. The first-order valence-electron chi connectivity index (χ1n) is 13.7. The molecule has 2 aromatic carbocycles. The van der Waals surface area contributed by atoms with Crippen LogP contribution in [0.3, 0.4) is 0 Å². The Hall–Kier alpha value is -4.24. The van der Waals surface area contributed by atoms with Crippen LogP contribution in [0, 0.1) is 11.3 Å². The second-order valence-electron chi connectivity index (χ2n) is 11.8. The van der Waals surface area contributed by atoms with Gasteiger partial charge in [-0.1, -0.05) is 42.5 Å². The van der Waals surface area contributed by atoms with Crippen LogP contribution in [0.15, 0.2) is 54.6 Å². The van der Waals surface area contributed by atoms with Crippen LogP contribution in [0.25, 0.3) is 0 Å². The second-order valence-corrected chi connectivity index (χ2v) is 12.2. The van der Waals surface area contributed by atoms with Gasteiger partial charge >= 0.3 is 12.1 Å². The number of carbonyl (C=O) groups excluding carboxylic acids is 4. The van der Waals surface area contributed by atoms with Crippen molar-refractivity contribution in [2.75, 3.05) is 12.3 Å². The first kappa shape index (κ1) is 35.0. The number of alkyl carbamates (subject to hydrolysis) is 1. The first-order valence-corrected chi connectivity index (χ1v) is 14.3. The minimum Gasteiger partial charge on any atom is -0.508 e. The minimum absolute atomic E-state index is 0.0832. The highest BCUT2D eigenvalue weighted by Crippen LogP contribution is 2.26. The molecule has 0 saturated heterocycles. The third-order valence-corrected chi connectivity index (χ3v) is 6.10. The van der Waals surface area contributed by atoms with Crippen molar-refractivity contribution in [3.8, 4) is 11.8 Å². The van der Waals surface area contributed by atoms with Crippen LogP contribution in [0.1, 0.15) is 58.7 Å². The Bertz CT molecular complexity index is 1320. The fourth-order valence-corrected chi connectivity index (χ4v) is 4.29. The number of nitrogens with one attached hydrogen (secondary N) is 2. The number of esters is 1. The molecule has 3 unspecified atom stereocenters. The lowest BCUT2D eigenvalue weighted by Crippen LogP contribution is -2.55. The average Bonchev–Trinajstić information content (AvgIpc) is 2.89. The molecule has 232 valence electrons. The maximum atomic E-state index is 14.0. The molecule has 0 radical (unpaired) electrons. The summed E-state index contributed by atoms with van der Waals surface area (Å²) in [6.07, 6.45) is -0.803. The molecule has 12 heteroatoms. The van der Waals surface area contributed by atoms with Gasteiger partial charge in [0.25, 0.3) is 0 Å². The smallest absolute Gasteiger partial charge is 0.408 e. The van der Waals surface area contributed by atoms with E-state index in [4.69, 9.17) is 9.47 Å². The second kappa shape index (κ2) is 15.3. The van der Waals surface area contributed by atoms with Crippen LogP contribution in [0.2, 0.25) is 0 Å². The molecule has 0 fully saturated rings. The monoisotopic (exact) mass is 612 g/mol. The van der Waals surface area contributed by atoms with Gasteiger partial charge in [0, 0.05) is 12.2 Å². The van der Waals surface area contributed by atoms with Gasteiger partial charge in [-0.25, -0.2) is 9.59 Å². The minimum atomic E-state index is -1.48. The number of hydrogen-bond donors (Lipinski definition) is 4. The van der Waals surface area contributed by atoms with Gasteiger partial charge < -0.3 is 30.1 Å². The van der Waals surface area contributed by atoms with E-state index in [0.29, 0.717) is 0 Å². The van der Waals surface area contributed by atoms with Gasteiger partial charge in [0.2, 0.25) is 11.8 Å². The summed E-state index contributed by atoms with van der Waals surface area (Å²) >= 11 is 4.20. The summed E-state index contributed by atoms with van der Waals surface area (Å²) < 4.78 is 10.8. The van der Waals surface area contributed by atoms with Crippen LogP contribution in [0.4, 0.5) is 4.79 Å². The van der Waals surface area contributed by atoms with Gasteiger partial charge in [-0.3, -0.25) is 9.59 Å². The maximum Gasteiger partial charge on any atom is 0.408 e. The quantitative estimate of drug-likeness (QED) is 0.170. The Balaban J connectivity index is 2.53. The topological polar surface area (TPSA) is 158 Å². The number of phenols is 1. The molecule has 0 aliphatic heterocycles. The van der Waals surface area contributed by atoms with Crippen LogP contribution >= 0.6 is 12.6 Å². The van der Waals surface area contributed by atoms with Crippen LogP contribution in [-0.4, -0.2) is 69.5 Å². The lowest BCUT2D eigenvalue weighted by atomic mass is 10.0. The summed E-state index contributed by atoms with van der Waals surface area (Å²) in [7, 11) is 0. The fourth-order valence-electron chi connectivity index (χ4n) is 4.04. The van der Waals surface area contributed by atoms with Crippen LogP contribution in [-0.2, 0) is 30.3 Å². The lowest BCUT2D eigenvalue weighted by Gasteiger charge is -2.33. The van der Waals surface area contributed by atoms with Crippen molar-refractivity contribution >= 4 is 36.5 Å². The SMILES string of the molecule is CC(C)(C)OC(=O)NC(CS)C(=O)N(CC#N)C(C(=O)NC(Cc1ccccc1)C(=O)OC(C)(C)C)c1cccc(O)c1. The van der Waals surface area contributed by atoms with E-state index in [1.165, 1.54) is 24.3 Å². The number of nitriles is 1. The number of amides is 3. The molecule has 2 rings (SSSR count).